The normalized spacial score (nSPS) is 12.2. The van der Waals surface area contributed by atoms with Crippen molar-refractivity contribution in [2.45, 2.75) is 33.2 Å². The van der Waals surface area contributed by atoms with Gasteiger partial charge in [-0.2, -0.15) is 0 Å². The Hall–Kier alpha value is -1.55. The average molecular weight is 237 g/mol. The number of hydrogen-bond donors (Lipinski definition) is 2. The van der Waals surface area contributed by atoms with Crippen LogP contribution in [-0.2, 0) is 4.79 Å². The summed E-state index contributed by atoms with van der Waals surface area (Å²) in [6.07, 6.45) is -0.0794. The van der Waals surface area contributed by atoms with E-state index in [-0.39, 0.29) is 13.0 Å². The van der Waals surface area contributed by atoms with Crippen LogP contribution in [0.3, 0.4) is 0 Å². The van der Waals surface area contributed by atoms with Crippen molar-refractivity contribution < 1.29 is 14.6 Å². The number of carbonyl (C=O) groups is 1. The second-order valence-electron chi connectivity index (χ2n) is 4.40. The Bertz CT molecular complexity index is 392. The zero-order chi connectivity index (χ0) is 13.0. The number of hydrogen-bond acceptors (Lipinski definition) is 3. The van der Waals surface area contributed by atoms with E-state index in [9.17, 15) is 4.79 Å². The maximum absolute atomic E-state index is 10.5. The second kappa shape index (κ2) is 5.68. The van der Waals surface area contributed by atoms with Gasteiger partial charge in [0.25, 0.3) is 0 Å². The summed E-state index contributed by atoms with van der Waals surface area (Å²) in [6.45, 7) is 6.19. The van der Waals surface area contributed by atoms with Gasteiger partial charge in [0.05, 0.1) is 6.42 Å². The number of aryl methyl sites for hydroxylation is 3. The smallest absolute Gasteiger partial charge is 0.305 e. The molecule has 0 aliphatic rings. The zero-order valence-electron chi connectivity index (χ0n) is 10.5. The fourth-order valence-electron chi connectivity index (χ4n) is 1.87. The SMILES string of the molecule is Cc1cc(C)c(OCC(N)CC(=O)O)c(C)c1. The van der Waals surface area contributed by atoms with Gasteiger partial charge in [-0.3, -0.25) is 4.79 Å². The van der Waals surface area contributed by atoms with E-state index >= 15 is 0 Å². The van der Waals surface area contributed by atoms with Crippen LogP contribution in [0.4, 0.5) is 0 Å². The summed E-state index contributed by atoms with van der Waals surface area (Å²) in [4.78, 5) is 10.5. The first-order chi connectivity index (χ1) is 7.90. The molecule has 0 bridgehead atoms. The minimum absolute atomic E-state index is 0.0794. The molecule has 0 heterocycles. The highest BCUT2D eigenvalue weighted by atomic mass is 16.5. The highest BCUT2D eigenvalue weighted by Gasteiger charge is 2.11. The lowest BCUT2D eigenvalue weighted by molar-refractivity contribution is -0.137. The Morgan fingerprint density at radius 3 is 2.35 bits per heavy atom. The van der Waals surface area contributed by atoms with Crippen molar-refractivity contribution in [2.75, 3.05) is 6.61 Å². The lowest BCUT2D eigenvalue weighted by Crippen LogP contribution is -2.30. The molecule has 0 saturated heterocycles. The first-order valence-electron chi connectivity index (χ1n) is 5.58. The Morgan fingerprint density at radius 2 is 1.88 bits per heavy atom. The Kier molecular flexibility index (Phi) is 4.52. The van der Waals surface area contributed by atoms with Gasteiger partial charge in [-0.05, 0) is 31.9 Å². The topological polar surface area (TPSA) is 72.5 Å². The third kappa shape index (κ3) is 4.07. The molecule has 0 amide bonds. The number of aliphatic carboxylic acids is 1. The minimum Gasteiger partial charge on any atom is -0.491 e. The van der Waals surface area contributed by atoms with Crippen LogP contribution in [0.25, 0.3) is 0 Å². The van der Waals surface area contributed by atoms with E-state index < -0.39 is 12.0 Å². The van der Waals surface area contributed by atoms with Gasteiger partial charge in [-0.1, -0.05) is 17.7 Å². The second-order valence-corrected chi connectivity index (χ2v) is 4.40. The first-order valence-corrected chi connectivity index (χ1v) is 5.58. The Morgan fingerprint density at radius 1 is 1.35 bits per heavy atom. The summed E-state index contributed by atoms with van der Waals surface area (Å²) in [5, 5.41) is 8.59. The quantitative estimate of drug-likeness (QED) is 0.819. The molecule has 1 unspecified atom stereocenters. The molecule has 4 nitrogen and oxygen atoms in total. The summed E-state index contributed by atoms with van der Waals surface area (Å²) >= 11 is 0. The monoisotopic (exact) mass is 237 g/mol. The molecule has 0 radical (unpaired) electrons. The summed E-state index contributed by atoms with van der Waals surface area (Å²) in [5.41, 5.74) is 8.92. The Labute approximate surface area is 101 Å². The van der Waals surface area contributed by atoms with Crippen LogP contribution in [0.2, 0.25) is 0 Å². The van der Waals surface area contributed by atoms with Crippen LogP contribution < -0.4 is 10.5 Å². The molecule has 0 spiro atoms. The highest BCUT2D eigenvalue weighted by Crippen LogP contribution is 2.24. The number of ether oxygens (including phenoxy) is 1. The van der Waals surface area contributed by atoms with E-state index in [4.69, 9.17) is 15.6 Å². The van der Waals surface area contributed by atoms with Crippen LogP contribution in [0, 0.1) is 20.8 Å². The molecule has 1 atom stereocenters. The van der Waals surface area contributed by atoms with E-state index in [1.165, 1.54) is 5.56 Å². The molecule has 3 N–H and O–H groups in total. The van der Waals surface area contributed by atoms with Crippen LogP contribution in [0.1, 0.15) is 23.1 Å². The van der Waals surface area contributed by atoms with Crippen LogP contribution in [0.15, 0.2) is 12.1 Å². The van der Waals surface area contributed by atoms with Gasteiger partial charge in [-0.25, -0.2) is 0 Å². The molecular weight excluding hydrogens is 218 g/mol. The van der Waals surface area contributed by atoms with Crippen molar-refractivity contribution in [3.05, 3.63) is 28.8 Å². The van der Waals surface area contributed by atoms with Gasteiger partial charge in [-0.15, -0.1) is 0 Å². The summed E-state index contributed by atoms with van der Waals surface area (Å²) in [6, 6.07) is 3.59. The fourth-order valence-corrected chi connectivity index (χ4v) is 1.87. The number of rotatable bonds is 5. The predicted octanol–water partition coefficient (Wildman–Crippen LogP) is 1.79. The third-order valence-corrected chi connectivity index (χ3v) is 2.48. The maximum Gasteiger partial charge on any atom is 0.305 e. The van der Waals surface area contributed by atoms with Crippen molar-refractivity contribution in [1.82, 2.24) is 0 Å². The van der Waals surface area contributed by atoms with E-state index in [0.29, 0.717) is 0 Å². The van der Waals surface area contributed by atoms with Crippen molar-refractivity contribution in [2.24, 2.45) is 5.73 Å². The molecule has 0 saturated carbocycles. The van der Waals surface area contributed by atoms with E-state index in [2.05, 4.69) is 0 Å². The molecule has 94 valence electrons. The van der Waals surface area contributed by atoms with Crippen molar-refractivity contribution in [3.63, 3.8) is 0 Å². The molecule has 0 aliphatic heterocycles. The van der Waals surface area contributed by atoms with Crippen molar-refractivity contribution in [1.29, 1.82) is 0 Å². The number of nitrogens with two attached hydrogens (primary N) is 1. The summed E-state index contributed by atoms with van der Waals surface area (Å²) in [5.74, 6) is -0.102. The molecule has 1 aromatic carbocycles. The van der Waals surface area contributed by atoms with E-state index in [0.717, 1.165) is 16.9 Å². The third-order valence-electron chi connectivity index (χ3n) is 2.48. The number of carboxylic acid groups (broad SMARTS) is 1. The molecule has 0 fully saturated rings. The standard InChI is InChI=1S/C13H19NO3/c1-8-4-9(2)13(10(3)5-8)17-7-11(14)6-12(15)16/h4-5,11H,6-7,14H2,1-3H3,(H,15,16). The molecule has 0 aliphatic carbocycles. The van der Waals surface area contributed by atoms with Crippen LogP contribution >= 0.6 is 0 Å². The predicted molar refractivity (Wildman–Crippen MR) is 66.4 cm³/mol. The lowest BCUT2D eigenvalue weighted by Gasteiger charge is -2.15. The van der Waals surface area contributed by atoms with Crippen LogP contribution in [-0.4, -0.2) is 23.7 Å². The molecular formula is C13H19NO3. The molecule has 1 rings (SSSR count). The van der Waals surface area contributed by atoms with Crippen molar-refractivity contribution >= 4 is 5.97 Å². The largest absolute Gasteiger partial charge is 0.491 e. The van der Waals surface area contributed by atoms with Gasteiger partial charge in [0.1, 0.15) is 12.4 Å². The molecule has 17 heavy (non-hydrogen) atoms. The lowest BCUT2D eigenvalue weighted by atomic mass is 10.1. The number of benzene rings is 1. The van der Waals surface area contributed by atoms with Gasteiger partial charge in [0.2, 0.25) is 0 Å². The molecule has 1 aromatic rings. The van der Waals surface area contributed by atoms with Crippen LogP contribution in [0.5, 0.6) is 5.75 Å². The Balaban J connectivity index is 2.66. The maximum atomic E-state index is 10.5. The van der Waals surface area contributed by atoms with E-state index in [1.54, 1.807) is 0 Å². The highest BCUT2D eigenvalue weighted by molar-refractivity contribution is 5.67. The minimum atomic E-state index is -0.904. The van der Waals surface area contributed by atoms with Gasteiger partial charge < -0.3 is 15.6 Å². The van der Waals surface area contributed by atoms with Crippen molar-refractivity contribution in [3.8, 4) is 5.75 Å². The first kappa shape index (κ1) is 13.5. The van der Waals surface area contributed by atoms with Gasteiger partial charge >= 0.3 is 5.97 Å². The van der Waals surface area contributed by atoms with E-state index in [1.807, 2.05) is 32.9 Å². The molecule has 4 heteroatoms. The van der Waals surface area contributed by atoms with Gasteiger partial charge in [0, 0.05) is 6.04 Å². The molecule has 0 aromatic heterocycles. The fraction of sp³-hybridized carbons (Fsp3) is 0.462. The summed E-state index contributed by atoms with van der Waals surface area (Å²) in [7, 11) is 0. The summed E-state index contributed by atoms with van der Waals surface area (Å²) < 4.78 is 5.60. The number of carboxylic acids is 1. The van der Waals surface area contributed by atoms with Gasteiger partial charge in [0.15, 0.2) is 0 Å². The zero-order valence-corrected chi connectivity index (χ0v) is 10.5. The average Bonchev–Trinajstić information content (AvgIpc) is 2.14.